The molecule has 0 bridgehead atoms. The predicted molar refractivity (Wildman–Crippen MR) is 65.2 cm³/mol. The molecule has 0 fully saturated rings. The minimum absolute atomic E-state index is 0.187. The van der Waals surface area contributed by atoms with Gasteiger partial charge in [-0.2, -0.15) is 0 Å². The van der Waals surface area contributed by atoms with Crippen LogP contribution in [0.3, 0.4) is 0 Å². The largest absolute Gasteiger partial charge is 0.455 e. The molecule has 18 heavy (non-hydrogen) atoms. The average Bonchev–Trinajstić information content (AvgIpc) is 2.84. The summed E-state index contributed by atoms with van der Waals surface area (Å²) >= 11 is 0. The van der Waals surface area contributed by atoms with Gasteiger partial charge in [0.05, 0.1) is 0 Å². The number of hydrogen-bond donors (Lipinski definition) is 0. The lowest BCUT2D eigenvalue weighted by Crippen LogP contribution is -2.17. The summed E-state index contributed by atoms with van der Waals surface area (Å²) in [5, 5.41) is 0. The van der Waals surface area contributed by atoms with Crippen LogP contribution in [0.1, 0.15) is 12.0 Å². The Kier molecular flexibility index (Phi) is 2.76. The quantitative estimate of drug-likeness (QED) is 0.749. The highest BCUT2D eigenvalue weighted by molar-refractivity contribution is 5.83. The summed E-state index contributed by atoms with van der Waals surface area (Å²) in [6.45, 7) is 0.271. The monoisotopic (exact) mass is 244 g/mol. The summed E-state index contributed by atoms with van der Waals surface area (Å²) in [7, 11) is 0. The number of cyclic esters (lactones) is 1. The second-order valence-electron chi connectivity index (χ2n) is 4.09. The fraction of sp³-hybridized carbons (Fsp3) is 0.214. The zero-order valence-electron chi connectivity index (χ0n) is 9.67. The number of hydrogen-bond acceptors (Lipinski definition) is 4. The van der Waals surface area contributed by atoms with Crippen molar-refractivity contribution >= 4 is 12.0 Å². The third-order valence-corrected chi connectivity index (χ3v) is 2.79. The highest BCUT2D eigenvalue weighted by Crippen LogP contribution is 2.32. The minimum Gasteiger partial charge on any atom is -0.455 e. The van der Waals surface area contributed by atoms with Crippen molar-refractivity contribution in [3.63, 3.8) is 0 Å². The molecule has 0 aromatic heterocycles. The molecule has 1 aromatic rings. The van der Waals surface area contributed by atoms with Crippen molar-refractivity contribution in [3.05, 3.63) is 42.0 Å². The van der Waals surface area contributed by atoms with Crippen LogP contribution in [-0.4, -0.2) is 18.9 Å². The van der Waals surface area contributed by atoms with E-state index in [-0.39, 0.29) is 18.9 Å². The van der Waals surface area contributed by atoms with Gasteiger partial charge in [0.2, 0.25) is 6.79 Å². The van der Waals surface area contributed by atoms with Crippen LogP contribution < -0.4 is 9.47 Å². The Balaban J connectivity index is 1.72. The van der Waals surface area contributed by atoms with E-state index in [2.05, 4.69) is 0 Å². The van der Waals surface area contributed by atoms with Crippen molar-refractivity contribution in [2.24, 2.45) is 0 Å². The molecular weight excluding hydrogens is 232 g/mol. The van der Waals surface area contributed by atoms with Crippen molar-refractivity contribution < 1.29 is 19.0 Å². The summed E-state index contributed by atoms with van der Waals surface area (Å²) in [6.07, 6.45) is 7.59. The lowest BCUT2D eigenvalue weighted by atomic mass is 10.1. The molecule has 1 unspecified atom stereocenters. The molecule has 2 heterocycles. The van der Waals surface area contributed by atoms with Gasteiger partial charge in [0.25, 0.3) is 0 Å². The van der Waals surface area contributed by atoms with Crippen LogP contribution in [0.25, 0.3) is 6.08 Å². The van der Waals surface area contributed by atoms with Crippen molar-refractivity contribution in [2.45, 2.75) is 12.5 Å². The maximum atomic E-state index is 11.1. The van der Waals surface area contributed by atoms with Crippen LogP contribution in [0.5, 0.6) is 11.5 Å². The molecule has 2 aliphatic rings. The molecule has 92 valence electrons. The number of rotatable bonds is 2. The van der Waals surface area contributed by atoms with Gasteiger partial charge in [-0.25, -0.2) is 4.79 Å². The first-order valence-corrected chi connectivity index (χ1v) is 5.76. The Hall–Kier alpha value is -2.23. The first kappa shape index (κ1) is 10.9. The van der Waals surface area contributed by atoms with Crippen LogP contribution >= 0.6 is 0 Å². The lowest BCUT2D eigenvalue weighted by molar-refractivity contribution is -0.141. The summed E-state index contributed by atoms with van der Waals surface area (Å²) in [4.78, 5) is 11.1. The standard InChI is InChI=1S/C14H12O4/c15-14-3-1-2-11(18-14)6-4-10-5-7-12-13(8-10)17-9-16-12/h1,3-8,11H,2,9H2/b6-4+. The summed E-state index contributed by atoms with van der Waals surface area (Å²) in [5.41, 5.74) is 0.991. The van der Waals surface area contributed by atoms with Gasteiger partial charge in [-0.15, -0.1) is 0 Å². The fourth-order valence-electron chi connectivity index (χ4n) is 1.89. The van der Waals surface area contributed by atoms with Gasteiger partial charge in [-0.1, -0.05) is 18.2 Å². The average molecular weight is 244 g/mol. The topological polar surface area (TPSA) is 44.8 Å². The van der Waals surface area contributed by atoms with Gasteiger partial charge in [-0.05, 0) is 23.8 Å². The van der Waals surface area contributed by atoms with Gasteiger partial charge >= 0.3 is 5.97 Å². The third-order valence-electron chi connectivity index (χ3n) is 2.79. The highest BCUT2D eigenvalue weighted by atomic mass is 16.7. The molecule has 0 radical (unpaired) electrons. The Morgan fingerprint density at radius 1 is 1.22 bits per heavy atom. The Morgan fingerprint density at radius 2 is 2.11 bits per heavy atom. The molecule has 1 aromatic carbocycles. The number of benzene rings is 1. The van der Waals surface area contributed by atoms with E-state index in [1.165, 1.54) is 6.08 Å². The first-order chi connectivity index (χ1) is 8.81. The molecule has 0 amide bonds. The summed E-state index contributed by atoms with van der Waals surface area (Å²) in [6, 6.07) is 5.71. The van der Waals surface area contributed by atoms with E-state index in [4.69, 9.17) is 14.2 Å². The third kappa shape index (κ3) is 2.22. The fourth-order valence-corrected chi connectivity index (χ4v) is 1.89. The van der Waals surface area contributed by atoms with Gasteiger partial charge in [0.1, 0.15) is 6.10 Å². The number of carbonyl (C=O) groups excluding carboxylic acids is 1. The van der Waals surface area contributed by atoms with E-state index >= 15 is 0 Å². The normalized spacial score (nSPS) is 21.3. The number of ether oxygens (including phenoxy) is 3. The minimum atomic E-state index is -0.290. The van der Waals surface area contributed by atoms with Crippen LogP contribution in [0.15, 0.2) is 36.4 Å². The first-order valence-electron chi connectivity index (χ1n) is 5.76. The maximum absolute atomic E-state index is 11.1. The Bertz CT molecular complexity index is 531. The molecule has 0 spiro atoms. The van der Waals surface area contributed by atoms with Gasteiger partial charge in [0, 0.05) is 12.5 Å². The van der Waals surface area contributed by atoms with E-state index < -0.39 is 0 Å². The number of esters is 1. The van der Waals surface area contributed by atoms with Crippen LogP contribution in [0.4, 0.5) is 0 Å². The van der Waals surface area contributed by atoms with Gasteiger partial charge in [-0.3, -0.25) is 0 Å². The summed E-state index contributed by atoms with van der Waals surface area (Å²) < 4.78 is 15.7. The van der Waals surface area contributed by atoms with E-state index in [1.807, 2.05) is 36.4 Å². The van der Waals surface area contributed by atoms with Crippen molar-refractivity contribution in [3.8, 4) is 11.5 Å². The highest BCUT2D eigenvalue weighted by Gasteiger charge is 2.14. The predicted octanol–water partition coefficient (Wildman–Crippen LogP) is 2.30. The van der Waals surface area contributed by atoms with Gasteiger partial charge < -0.3 is 14.2 Å². The lowest BCUT2D eigenvalue weighted by Gasteiger charge is -2.14. The molecule has 0 saturated heterocycles. The summed E-state index contributed by atoms with van der Waals surface area (Å²) in [5.74, 6) is 1.22. The van der Waals surface area contributed by atoms with Crippen LogP contribution in [0, 0.1) is 0 Å². The van der Waals surface area contributed by atoms with E-state index in [0.29, 0.717) is 6.42 Å². The van der Waals surface area contributed by atoms with Gasteiger partial charge in [0.15, 0.2) is 11.5 Å². The number of fused-ring (bicyclic) bond motifs is 1. The molecule has 4 nitrogen and oxygen atoms in total. The van der Waals surface area contributed by atoms with Crippen molar-refractivity contribution in [1.29, 1.82) is 0 Å². The maximum Gasteiger partial charge on any atom is 0.331 e. The molecule has 0 N–H and O–H groups in total. The second-order valence-corrected chi connectivity index (χ2v) is 4.09. The van der Waals surface area contributed by atoms with E-state index in [9.17, 15) is 4.79 Å². The zero-order valence-corrected chi connectivity index (χ0v) is 9.67. The molecule has 2 aliphatic heterocycles. The molecular formula is C14H12O4. The van der Waals surface area contributed by atoms with E-state index in [1.54, 1.807) is 0 Å². The van der Waals surface area contributed by atoms with Crippen LogP contribution in [-0.2, 0) is 9.53 Å². The Morgan fingerprint density at radius 3 is 3.00 bits per heavy atom. The van der Waals surface area contributed by atoms with Crippen molar-refractivity contribution in [1.82, 2.24) is 0 Å². The van der Waals surface area contributed by atoms with Crippen molar-refractivity contribution in [2.75, 3.05) is 6.79 Å². The second kappa shape index (κ2) is 4.56. The number of carbonyl (C=O) groups is 1. The molecule has 0 aliphatic carbocycles. The smallest absolute Gasteiger partial charge is 0.331 e. The molecule has 3 rings (SSSR count). The molecule has 0 saturated carbocycles. The zero-order chi connectivity index (χ0) is 12.4. The SMILES string of the molecule is O=C1C=CCC(/C=C/c2ccc3c(c2)OCO3)O1. The van der Waals surface area contributed by atoms with Crippen LogP contribution in [0.2, 0.25) is 0 Å². The molecule has 1 atom stereocenters. The van der Waals surface area contributed by atoms with E-state index in [0.717, 1.165) is 17.1 Å². The Labute approximate surface area is 104 Å². The molecule has 4 heteroatoms.